The van der Waals surface area contributed by atoms with E-state index in [1.54, 1.807) is 0 Å². The van der Waals surface area contributed by atoms with Crippen LogP contribution in [0.2, 0.25) is 0 Å². The van der Waals surface area contributed by atoms with E-state index in [-0.39, 0.29) is 11.7 Å². The number of anilines is 1. The first-order valence-corrected chi connectivity index (χ1v) is 7.79. The van der Waals surface area contributed by atoms with Gasteiger partial charge in [-0.3, -0.25) is 4.90 Å². The van der Waals surface area contributed by atoms with Crippen molar-refractivity contribution in [3.05, 3.63) is 24.3 Å². The van der Waals surface area contributed by atoms with Crippen molar-refractivity contribution in [2.24, 2.45) is 5.73 Å². The molecule has 1 aromatic carbocycles. The van der Waals surface area contributed by atoms with E-state index in [2.05, 4.69) is 22.2 Å². The molecule has 1 aromatic heterocycles. The summed E-state index contributed by atoms with van der Waals surface area (Å²) < 4.78 is 5.85. The van der Waals surface area contributed by atoms with Crippen molar-refractivity contribution in [2.75, 3.05) is 12.4 Å². The number of piperidine rings is 2. The number of oxazole rings is 1. The van der Waals surface area contributed by atoms with E-state index in [1.165, 1.54) is 12.8 Å². The quantitative estimate of drug-likeness (QED) is 0.888. The Labute approximate surface area is 124 Å². The van der Waals surface area contributed by atoms with Crippen LogP contribution in [0.15, 0.2) is 28.7 Å². The number of hydrogen-bond donors (Lipinski definition) is 2. The van der Waals surface area contributed by atoms with Gasteiger partial charge in [-0.25, -0.2) is 0 Å². The molecule has 0 amide bonds. The molecule has 3 N–H and O–H groups in total. The SMILES string of the molecule is CN1C2CCCC1(Nc1nc3ccccc3o1)CC(N)C2. The van der Waals surface area contributed by atoms with Crippen LogP contribution < -0.4 is 11.1 Å². The van der Waals surface area contributed by atoms with Gasteiger partial charge in [-0.2, -0.15) is 4.98 Å². The number of benzene rings is 1. The molecule has 2 aliphatic heterocycles. The smallest absolute Gasteiger partial charge is 0.297 e. The number of para-hydroxylation sites is 2. The second-order valence-electron chi connectivity index (χ2n) is 6.50. The molecule has 21 heavy (non-hydrogen) atoms. The number of nitrogens with one attached hydrogen (secondary N) is 1. The normalized spacial score (nSPS) is 33.2. The van der Waals surface area contributed by atoms with E-state index >= 15 is 0 Å². The predicted molar refractivity (Wildman–Crippen MR) is 83.0 cm³/mol. The van der Waals surface area contributed by atoms with Crippen LogP contribution >= 0.6 is 0 Å². The van der Waals surface area contributed by atoms with Gasteiger partial charge in [0.25, 0.3) is 6.01 Å². The van der Waals surface area contributed by atoms with Gasteiger partial charge in [0.2, 0.25) is 0 Å². The lowest BCUT2D eigenvalue weighted by Gasteiger charge is -2.54. The Balaban J connectivity index is 1.67. The van der Waals surface area contributed by atoms with E-state index in [4.69, 9.17) is 10.2 Å². The fourth-order valence-electron chi connectivity index (χ4n) is 4.06. The van der Waals surface area contributed by atoms with Crippen LogP contribution in [0.4, 0.5) is 6.01 Å². The summed E-state index contributed by atoms with van der Waals surface area (Å²) in [4.78, 5) is 7.02. The second-order valence-corrected chi connectivity index (χ2v) is 6.50. The highest BCUT2D eigenvalue weighted by molar-refractivity contribution is 5.74. The average molecular weight is 286 g/mol. The molecule has 3 unspecified atom stereocenters. The van der Waals surface area contributed by atoms with E-state index in [0.29, 0.717) is 12.1 Å². The lowest BCUT2D eigenvalue weighted by Crippen LogP contribution is -2.65. The van der Waals surface area contributed by atoms with Gasteiger partial charge in [0, 0.05) is 12.1 Å². The van der Waals surface area contributed by atoms with Crippen molar-refractivity contribution >= 4 is 17.1 Å². The summed E-state index contributed by atoms with van der Waals surface area (Å²) in [6, 6.07) is 9.30. The highest BCUT2D eigenvalue weighted by Gasteiger charge is 2.47. The van der Waals surface area contributed by atoms with Gasteiger partial charge >= 0.3 is 0 Å². The third kappa shape index (κ3) is 2.12. The zero-order valence-corrected chi connectivity index (χ0v) is 12.4. The van der Waals surface area contributed by atoms with Gasteiger partial charge in [-0.1, -0.05) is 12.1 Å². The number of hydrogen-bond acceptors (Lipinski definition) is 5. The van der Waals surface area contributed by atoms with Crippen molar-refractivity contribution in [3.8, 4) is 0 Å². The summed E-state index contributed by atoms with van der Waals surface area (Å²) in [5.74, 6) is 0. The lowest BCUT2D eigenvalue weighted by atomic mass is 9.78. The molecule has 3 heterocycles. The van der Waals surface area contributed by atoms with Crippen LogP contribution in [-0.4, -0.2) is 34.7 Å². The molecule has 0 spiro atoms. The highest BCUT2D eigenvalue weighted by atomic mass is 16.4. The molecule has 0 aliphatic carbocycles. The van der Waals surface area contributed by atoms with Crippen molar-refractivity contribution in [3.63, 3.8) is 0 Å². The van der Waals surface area contributed by atoms with Crippen LogP contribution in [0, 0.1) is 0 Å². The summed E-state index contributed by atoms with van der Waals surface area (Å²) in [5, 5.41) is 3.56. The van der Waals surface area contributed by atoms with E-state index in [0.717, 1.165) is 30.4 Å². The summed E-state index contributed by atoms with van der Waals surface area (Å²) in [5.41, 5.74) is 7.89. The summed E-state index contributed by atoms with van der Waals surface area (Å²) in [6.45, 7) is 0. The fraction of sp³-hybridized carbons (Fsp3) is 0.562. The van der Waals surface area contributed by atoms with Gasteiger partial charge in [-0.05, 0) is 51.3 Å². The third-order valence-electron chi connectivity index (χ3n) is 5.16. The third-order valence-corrected chi connectivity index (χ3v) is 5.16. The second kappa shape index (κ2) is 4.71. The van der Waals surface area contributed by atoms with Gasteiger partial charge in [0.15, 0.2) is 5.58 Å². The molecule has 2 fully saturated rings. The van der Waals surface area contributed by atoms with Crippen molar-refractivity contribution in [1.82, 2.24) is 9.88 Å². The summed E-state index contributed by atoms with van der Waals surface area (Å²) in [6.07, 6.45) is 5.59. The molecule has 2 aliphatic rings. The highest BCUT2D eigenvalue weighted by Crippen LogP contribution is 2.41. The molecule has 2 saturated heterocycles. The molecule has 5 heteroatoms. The first-order valence-electron chi connectivity index (χ1n) is 7.79. The van der Waals surface area contributed by atoms with Crippen LogP contribution in [0.3, 0.4) is 0 Å². The van der Waals surface area contributed by atoms with E-state index < -0.39 is 0 Å². The van der Waals surface area contributed by atoms with Crippen molar-refractivity contribution in [1.29, 1.82) is 0 Å². The maximum Gasteiger partial charge on any atom is 0.297 e. The Kier molecular flexibility index (Phi) is 2.94. The summed E-state index contributed by atoms with van der Waals surface area (Å²) in [7, 11) is 2.20. The Hall–Kier alpha value is -1.59. The number of aromatic nitrogens is 1. The number of nitrogens with zero attached hydrogens (tertiary/aromatic N) is 2. The molecule has 2 aromatic rings. The minimum Gasteiger partial charge on any atom is -0.424 e. The molecular weight excluding hydrogens is 264 g/mol. The van der Waals surface area contributed by atoms with Crippen LogP contribution in [0.1, 0.15) is 32.1 Å². The largest absolute Gasteiger partial charge is 0.424 e. The maximum absolute atomic E-state index is 6.28. The molecule has 4 rings (SSSR count). The predicted octanol–water partition coefficient (Wildman–Crippen LogP) is 2.54. The van der Waals surface area contributed by atoms with Gasteiger partial charge in [0.05, 0.1) is 5.66 Å². The average Bonchev–Trinajstić information content (AvgIpc) is 2.83. The molecule has 2 bridgehead atoms. The monoisotopic (exact) mass is 286 g/mol. The molecule has 0 radical (unpaired) electrons. The number of nitrogens with two attached hydrogens (primary N) is 1. The topological polar surface area (TPSA) is 67.3 Å². The van der Waals surface area contributed by atoms with Crippen LogP contribution in [-0.2, 0) is 0 Å². The molecule has 0 saturated carbocycles. The first kappa shape index (κ1) is 13.1. The molecular formula is C16H22N4O. The van der Waals surface area contributed by atoms with Crippen molar-refractivity contribution < 1.29 is 4.42 Å². The Bertz CT molecular complexity index is 622. The first-order chi connectivity index (χ1) is 10.2. The van der Waals surface area contributed by atoms with Crippen LogP contribution in [0.5, 0.6) is 0 Å². The standard InChI is InChI=1S/C16H22N4O/c1-20-12-5-4-8-16(20,10-11(17)9-12)19-15-18-13-6-2-3-7-14(13)21-15/h2-3,6-7,11-12H,4-5,8-10,17H2,1H3,(H,18,19). The van der Waals surface area contributed by atoms with Gasteiger partial charge < -0.3 is 15.5 Å². The molecule has 3 atom stereocenters. The van der Waals surface area contributed by atoms with E-state index in [9.17, 15) is 0 Å². The Morgan fingerprint density at radius 2 is 2.29 bits per heavy atom. The Morgan fingerprint density at radius 1 is 1.43 bits per heavy atom. The molecule has 5 nitrogen and oxygen atoms in total. The number of fused-ring (bicyclic) bond motifs is 3. The van der Waals surface area contributed by atoms with Gasteiger partial charge in [0.1, 0.15) is 5.52 Å². The number of rotatable bonds is 2. The molecule has 112 valence electrons. The lowest BCUT2D eigenvalue weighted by molar-refractivity contribution is -0.00870. The summed E-state index contributed by atoms with van der Waals surface area (Å²) >= 11 is 0. The van der Waals surface area contributed by atoms with Gasteiger partial charge in [-0.15, -0.1) is 0 Å². The van der Waals surface area contributed by atoms with E-state index in [1.807, 2.05) is 24.3 Å². The zero-order valence-electron chi connectivity index (χ0n) is 12.4. The zero-order chi connectivity index (χ0) is 14.4. The Morgan fingerprint density at radius 3 is 3.14 bits per heavy atom. The maximum atomic E-state index is 6.28. The minimum absolute atomic E-state index is 0.110. The van der Waals surface area contributed by atoms with Crippen molar-refractivity contribution in [2.45, 2.75) is 49.9 Å². The fourth-order valence-corrected chi connectivity index (χ4v) is 4.06. The van der Waals surface area contributed by atoms with Crippen LogP contribution in [0.25, 0.3) is 11.1 Å². The minimum atomic E-state index is -0.110.